The summed E-state index contributed by atoms with van der Waals surface area (Å²) in [4.78, 5) is 15.3. The molecule has 10 heavy (non-hydrogen) atoms. The second kappa shape index (κ2) is 3.31. The van der Waals surface area contributed by atoms with Crippen molar-refractivity contribution in [2.75, 3.05) is 20.3 Å². The van der Waals surface area contributed by atoms with E-state index in [4.69, 9.17) is 4.74 Å². The highest BCUT2D eigenvalue weighted by Crippen LogP contribution is 1.98. The summed E-state index contributed by atoms with van der Waals surface area (Å²) in [6.45, 7) is 0.704. The maximum atomic E-state index is 10.8. The van der Waals surface area contributed by atoms with Crippen LogP contribution >= 0.6 is 0 Å². The molecule has 4 nitrogen and oxygen atoms in total. The van der Waals surface area contributed by atoms with Crippen molar-refractivity contribution in [1.29, 1.82) is 0 Å². The van der Waals surface area contributed by atoms with Gasteiger partial charge >= 0.3 is 0 Å². The first-order valence-electron chi connectivity index (χ1n) is 3.05. The molecule has 0 atom stereocenters. The Kier molecular flexibility index (Phi) is 2.39. The number of oxime groups is 1. The van der Waals surface area contributed by atoms with Gasteiger partial charge in [-0.25, -0.2) is 0 Å². The fraction of sp³-hybridized carbons (Fsp3) is 0.667. The molecule has 0 amide bonds. The van der Waals surface area contributed by atoms with E-state index in [1.807, 2.05) is 0 Å². The van der Waals surface area contributed by atoms with Crippen LogP contribution in [0.5, 0.6) is 0 Å². The summed E-state index contributed by atoms with van der Waals surface area (Å²) in [5, 5.41) is 3.55. The van der Waals surface area contributed by atoms with Gasteiger partial charge in [-0.1, -0.05) is 5.16 Å². The molecule has 1 heterocycles. The Bertz CT molecular complexity index is 164. The van der Waals surface area contributed by atoms with Gasteiger partial charge in [0.15, 0.2) is 0 Å². The van der Waals surface area contributed by atoms with Crippen molar-refractivity contribution in [3.8, 4) is 0 Å². The van der Waals surface area contributed by atoms with Crippen molar-refractivity contribution in [3.63, 3.8) is 0 Å². The number of nitrogens with zero attached hydrogens (tertiary/aromatic N) is 1. The predicted molar refractivity (Wildman–Crippen MR) is 34.9 cm³/mol. The van der Waals surface area contributed by atoms with Gasteiger partial charge in [0.2, 0.25) is 5.78 Å². The third-order valence-corrected chi connectivity index (χ3v) is 1.24. The Morgan fingerprint density at radius 1 is 1.70 bits per heavy atom. The first-order valence-corrected chi connectivity index (χ1v) is 3.05. The Balaban J connectivity index is 2.56. The van der Waals surface area contributed by atoms with Crippen LogP contribution in [0, 0.1) is 0 Å². The number of ketones is 1. The van der Waals surface area contributed by atoms with Crippen molar-refractivity contribution < 1.29 is 14.4 Å². The minimum absolute atomic E-state index is 0.0758. The molecule has 1 rings (SSSR count). The van der Waals surface area contributed by atoms with Crippen LogP contribution in [0.2, 0.25) is 0 Å². The largest absolute Gasteiger partial charge is 0.399 e. The second-order valence-electron chi connectivity index (χ2n) is 1.95. The van der Waals surface area contributed by atoms with Crippen LogP contribution in [0.15, 0.2) is 5.16 Å². The van der Waals surface area contributed by atoms with Gasteiger partial charge < -0.3 is 9.57 Å². The van der Waals surface area contributed by atoms with E-state index in [2.05, 4.69) is 9.99 Å². The third-order valence-electron chi connectivity index (χ3n) is 1.24. The lowest BCUT2D eigenvalue weighted by Gasteiger charge is -2.10. The van der Waals surface area contributed by atoms with Crippen LogP contribution in [0.4, 0.5) is 0 Å². The zero-order valence-corrected chi connectivity index (χ0v) is 5.79. The van der Waals surface area contributed by atoms with Gasteiger partial charge in [-0.2, -0.15) is 0 Å². The second-order valence-corrected chi connectivity index (χ2v) is 1.95. The van der Waals surface area contributed by atoms with Crippen LogP contribution in [-0.2, 0) is 14.4 Å². The van der Waals surface area contributed by atoms with E-state index in [0.29, 0.717) is 18.7 Å². The minimum atomic E-state index is -0.0758. The molecule has 0 aromatic rings. The van der Waals surface area contributed by atoms with Gasteiger partial charge in [-0.05, 0) is 0 Å². The van der Waals surface area contributed by atoms with Crippen LogP contribution < -0.4 is 0 Å². The van der Waals surface area contributed by atoms with E-state index in [1.54, 1.807) is 0 Å². The topological polar surface area (TPSA) is 47.9 Å². The fourth-order valence-electron chi connectivity index (χ4n) is 0.763. The lowest BCUT2D eigenvalue weighted by molar-refractivity contribution is -0.118. The van der Waals surface area contributed by atoms with Crippen molar-refractivity contribution in [1.82, 2.24) is 0 Å². The Hall–Kier alpha value is -0.900. The number of Topliss-reactive ketones (excluding diaryl/α,β-unsaturated/α-hetero) is 1. The zero-order valence-electron chi connectivity index (χ0n) is 5.79. The molecule has 0 radical (unpaired) electrons. The maximum Gasteiger partial charge on any atom is 0.206 e. The number of ether oxygens (including phenoxy) is 1. The SMILES string of the molecule is CON=C1CCOCC1=O. The Labute approximate surface area is 58.8 Å². The molecule has 1 aliphatic heterocycles. The summed E-state index contributed by atoms with van der Waals surface area (Å²) in [7, 11) is 1.43. The van der Waals surface area contributed by atoms with Crippen molar-refractivity contribution in [3.05, 3.63) is 0 Å². The molecule has 4 heteroatoms. The van der Waals surface area contributed by atoms with E-state index >= 15 is 0 Å². The van der Waals surface area contributed by atoms with Gasteiger partial charge in [0.1, 0.15) is 19.4 Å². The Morgan fingerprint density at radius 3 is 3.10 bits per heavy atom. The average molecular weight is 143 g/mol. The minimum Gasteiger partial charge on any atom is -0.399 e. The summed E-state index contributed by atoms with van der Waals surface area (Å²) >= 11 is 0. The summed E-state index contributed by atoms with van der Waals surface area (Å²) < 4.78 is 4.87. The molecule has 0 spiro atoms. The van der Waals surface area contributed by atoms with Crippen LogP contribution in [0.1, 0.15) is 6.42 Å². The van der Waals surface area contributed by atoms with Crippen LogP contribution in [0.3, 0.4) is 0 Å². The number of hydrogen-bond donors (Lipinski definition) is 0. The highest BCUT2D eigenvalue weighted by atomic mass is 16.6. The molecule has 1 aliphatic rings. The fourth-order valence-corrected chi connectivity index (χ4v) is 0.763. The van der Waals surface area contributed by atoms with Gasteiger partial charge in [-0.3, -0.25) is 4.79 Å². The number of hydrogen-bond acceptors (Lipinski definition) is 4. The maximum absolute atomic E-state index is 10.8. The van der Waals surface area contributed by atoms with E-state index in [1.165, 1.54) is 7.11 Å². The molecule has 0 bridgehead atoms. The third kappa shape index (κ3) is 1.54. The molecule has 0 aliphatic carbocycles. The quantitative estimate of drug-likeness (QED) is 0.484. The zero-order chi connectivity index (χ0) is 7.40. The molecular weight excluding hydrogens is 134 g/mol. The molecule has 0 aromatic heterocycles. The standard InChI is InChI=1S/C6H9NO3/c1-9-7-5-2-3-10-4-6(5)8/h2-4H2,1H3. The predicted octanol–water partition coefficient (Wildman–Crippen LogP) is -0.0218. The highest BCUT2D eigenvalue weighted by Gasteiger charge is 2.17. The van der Waals surface area contributed by atoms with E-state index < -0.39 is 0 Å². The average Bonchev–Trinajstić information content (AvgIpc) is 1.94. The van der Waals surface area contributed by atoms with E-state index in [0.717, 1.165) is 0 Å². The molecule has 1 saturated heterocycles. The number of carbonyl (C=O) groups is 1. The Morgan fingerprint density at radius 2 is 2.50 bits per heavy atom. The van der Waals surface area contributed by atoms with Gasteiger partial charge in [0.25, 0.3) is 0 Å². The first-order chi connectivity index (χ1) is 4.84. The smallest absolute Gasteiger partial charge is 0.206 e. The molecule has 0 saturated carbocycles. The monoisotopic (exact) mass is 143 g/mol. The molecule has 56 valence electrons. The van der Waals surface area contributed by atoms with Crippen LogP contribution in [-0.4, -0.2) is 31.8 Å². The van der Waals surface area contributed by atoms with Crippen molar-refractivity contribution in [2.45, 2.75) is 6.42 Å². The molecule has 0 unspecified atom stereocenters. The number of carbonyl (C=O) groups excluding carboxylic acids is 1. The first kappa shape index (κ1) is 7.21. The van der Waals surface area contributed by atoms with Gasteiger partial charge in [0, 0.05) is 6.42 Å². The normalized spacial score (nSPS) is 23.3. The summed E-state index contributed by atoms with van der Waals surface area (Å²) in [6.07, 6.45) is 0.562. The summed E-state index contributed by atoms with van der Waals surface area (Å²) in [5.41, 5.74) is 0.480. The molecular formula is C6H9NO3. The molecule has 1 fully saturated rings. The molecule has 0 N–H and O–H groups in total. The summed E-state index contributed by atoms with van der Waals surface area (Å²) in [6, 6.07) is 0. The summed E-state index contributed by atoms with van der Waals surface area (Å²) in [5.74, 6) is -0.0758. The van der Waals surface area contributed by atoms with Gasteiger partial charge in [-0.15, -0.1) is 0 Å². The van der Waals surface area contributed by atoms with Crippen molar-refractivity contribution >= 4 is 11.5 Å². The van der Waals surface area contributed by atoms with Crippen molar-refractivity contribution in [2.24, 2.45) is 5.16 Å². The van der Waals surface area contributed by atoms with E-state index in [-0.39, 0.29) is 12.4 Å². The van der Waals surface area contributed by atoms with E-state index in [9.17, 15) is 4.79 Å². The lowest BCUT2D eigenvalue weighted by Crippen LogP contribution is -2.27. The lowest BCUT2D eigenvalue weighted by atomic mass is 10.2. The van der Waals surface area contributed by atoms with Crippen LogP contribution in [0.25, 0.3) is 0 Å². The molecule has 0 aromatic carbocycles. The number of rotatable bonds is 1. The highest BCUT2D eigenvalue weighted by molar-refractivity contribution is 6.40. The van der Waals surface area contributed by atoms with Gasteiger partial charge in [0.05, 0.1) is 6.61 Å².